The first-order valence-electron chi connectivity index (χ1n) is 4.97. The van der Waals surface area contributed by atoms with E-state index in [2.05, 4.69) is 31.4 Å². The van der Waals surface area contributed by atoms with Crippen LogP contribution in [0.2, 0.25) is 0 Å². The van der Waals surface area contributed by atoms with E-state index in [9.17, 15) is 4.79 Å². The second-order valence-corrected chi connectivity index (χ2v) is 4.99. The van der Waals surface area contributed by atoms with E-state index in [1.54, 1.807) is 0 Å². The summed E-state index contributed by atoms with van der Waals surface area (Å²) in [6, 6.07) is 0.611. The van der Waals surface area contributed by atoms with E-state index in [0.29, 0.717) is 12.6 Å². The molecule has 0 bridgehead atoms. The Labute approximate surface area is 80.3 Å². The van der Waals surface area contributed by atoms with Gasteiger partial charge in [-0.3, -0.25) is 4.79 Å². The van der Waals surface area contributed by atoms with Crippen LogP contribution in [0, 0.1) is 5.41 Å². The molecule has 1 rings (SSSR count). The van der Waals surface area contributed by atoms with Gasteiger partial charge in [0.05, 0.1) is 6.54 Å². The van der Waals surface area contributed by atoms with E-state index >= 15 is 0 Å². The molecule has 0 heterocycles. The van der Waals surface area contributed by atoms with Gasteiger partial charge in [-0.05, 0) is 18.3 Å². The van der Waals surface area contributed by atoms with Gasteiger partial charge in [-0.2, -0.15) is 0 Å². The lowest BCUT2D eigenvalue weighted by atomic mass is 9.97. The maximum Gasteiger partial charge on any atom is 0.233 e. The molecule has 0 radical (unpaired) electrons. The Morgan fingerprint density at radius 3 is 2.46 bits per heavy atom. The van der Waals surface area contributed by atoms with Crippen LogP contribution in [0.5, 0.6) is 0 Å². The first kappa shape index (κ1) is 10.5. The average Bonchev–Trinajstić information content (AvgIpc) is 2.78. The summed E-state index contributed by atoms with van der Waals surface area (Å²) in [5, 5.41) is 6.08. The Morgan fingerprint density at radius 2 is 2.00 bits per heavy atom. The summed E-state index contributed by atoms with van der Waals surface area (Å²) in [6.07, 6.45) is 2.46. The van der Waals surface area contributed by atoms with Gasteiger partial charge in [0.1, 0.15) is 0 Å². The largest absolute Gasteiger partial charge is 0.354 e. The van der Waals surface area contributed by atoms with Crippen LogP contribution in [-0.2, 0) is 4.79 Å². The van der Waals surface area contributed by atoms with E-state index in [4.69, 9.17) is 0 Å². The normalized spacial score (nSPS) is 17.2. The number of nitrogens with one attached hydrogen (secondary N) is 2. The minimum absolute atomic E-state index is 0.113. The molecule has 76 valence electrons. The van der Waals surface area contributed by atoms with Crippen molar-refractivity contribution < 1.29 is 4.79 Å². The summed E-state index contributed by atoms with van der Waals surface area (Å²) in [6.45, 7) is 7.56. The highest BCUT2D eigenvalue weighted by Crippen LogP contribution is 2.17. The summed E-state index contributed by atoms with van der Waals surface area (Å²) >= 11 is 0. The van der Waals surface area contributed by atoms with E-state index in [1.807, 2.05) is 0 Å². The molecule has 0 aromatic heterocycles. The number of carbonyl (C=O) groups is 1. The zero-order valence-electron chi connectivity index (χ0n) is 8.81. The third-order valence-corrected chi connectivity index (χ3v) is 1.94. The van der Waals surface area contributed by atoms with Gasteiger partial charge in [0, 0.05) is 12.6 Å². The minimum atomic E-state index is 0.113. The van der Waals surface area contributed by atoms with Gasteiger partial charge in [0.25, 0.3) is 0 Å². The molecule has 3 heteroatoms. The SMILES string of the molecule is CC(C)(C)CNC(=O)CNC1CC1. The molecule has 1 aliphatic rings. The third-order valence-electron chi connectivity index (χ3n) is 1.94. The van der Waals surface area contributed by atoms with Crippen molar-refractivity contribution in [2.75, 3.05) is 13.1 Å². The van der Waals surface area contributed by atoms with Crippen molar-refractivity contribution in [1.29, 1.82) is 0 Å². The van der Waals surface area contributed by atoms with Crippen molar-refractivity contribution in [3.63, 3.8) is 0 Å². The Hall–Kier alpha value is -0.570. The molecule has 1 fully saturated rings. The first-order valence-corrected chi connectivity index (χ1v) is 4.97. The fraction of sp³-hybridized carbons (Fsp3) is 0.900. The lowest BCUT2D eigenvalue weighted by molar-refractivity contribution is -0.120. The Balaban J connectivity index is 2.03. The fourth-order valence-electron chi connectivity index (χ4n) is 0.951. The van der Waals surface area contributed by atoms with Gasteiger partial charge < -0.3 is 10.6 Å². The topological polar surface area (TPSA) is 41.1 Å². The molecule has 13 heavy (non-hydrogen) atoms. The van der Waals surface area contributed by atoms with Crippen molar-refractivity contribution in [2.24, 2.45) is 5.41 Å². The average molecular weight is 184 g/mol. The molecule has 3 nitrogen and oxygen atoms in total. The van der Waals surface area contributed by atoms with Crippen LogP contribution < -0.4 is 10.6 Å². The van der Waals surface area contributed by atoms with Crippen molar-refractivity contribution in [3.8, 4) is 0 Å². The van der Waals surface area contributed by atoms with E-state index < -0.39 is 0 Å². The van der Waals surface area contributed by atoms with Gasteiger partial charge in [-0.25, -0.2) is 0 Å². The molecular weight excluding hydrogens is 164 g/mol. The molecule has 1 saturated carbocycles. The number of hydrogen-bond acceptors (Lipinski definition) is 2. The molecule has 0 saturated heterocycles. The van der Waals surface area contributed by atoms with Crippen LogP contribution in [0.1, 0.15) is 33.6 Å². The Morgan fingerprint density at radius 1 is 1.38 bits per heavy atom. The van der Waals surface area contributed by atoms with Crippen molar-refractivity contribution >= 4 is 5.91 Å². The Bertz CT molecular complexity index is 180. The maximum absolute atomic E-state index is 11.2. The van der Waals surface area contributed by atoms with Crippen molar-refractivity contribution in [2.45, 2.75) is 39.7 Å². The van der Waals surface area contributed by atoms with E-state index in [-0.39, 0.29) is 11.3 Å². The Kier molecular flexibility index (Phi) is 3.31. The van der Waals surface area contributed by atoms with E-state index in [0.717, 1.165) is 6.54 Å². The van der Waals surface area contributed by atoms with Gasteiger partial charge in [0.2, 0.25) is 5.91 Å². The van der Waals surface area contributed by atoms with Crippen LogP contribution >= 0.6 is 0 Å². The maximum atomic E-state index is 11.2. The summed E-state index contributed by atoms with van der Waals surface area (Å²) < 4.78 is 0. The van der Waals surface area contributed by atoms with Crippen molar-refractivity contribution in [1.82, 2.24) is 10.6 Å². The van der Waals surface area contributed by atoms with Crippen LogP contribution in [0.25, 0.3) is 0 Å². The summed E-state index contributed by atoms with van der Waals surface area (Å²) in [5.74, 6) is 0.113. The molecule has 0 unspecified atom stereocenters. The number of amides is 1. The molecular formula is C10H20N2O. The molecule has 1 aliphatic carbocycles. The summed E-state index contributed by atoms with van der Waals surface area (Å²) in [4.78, 5) is 11.2. The monoisotopic (exact) mass is 184 g/mol. The molecule has 0 aromatic carbocycles. The standard InChI is InChI=1S/C10H20N2O/c1-10(2,3)7-12-9(13)6-11-8-4-5-8/h8,11H,4-7H2,1-3H3,(H,12,13). The highest BCUT2D eigenvalue weighted by Gasteiger charge is 2.21. The van der Waals surface area contributed by atoms with Gasteiger partial charge in [-0.15, -0.1) is 0 Å². The molecule has 0 aromatic rings. The van der Waals surface area contributed by atoms with Crippen LogP contribution in [-0.4, -0.2) is 25.0 Å². The number of hydrogen-bond donors (Lipinski definition) is 2. The highest BCUT2D eigenvalue weighted by molar-refractivity contribution is 5.78. The molecule has 0 atom stereocenters. The van der Waals surface area contributed by atoms with Crippen LogP contribution in [0.15, 0.2) is 0 Å². The molecule has 1 amide bonds. The zero-order valence-corrected chi connectivity index (χ0v) is 8.81. The summed E-state index contributed by atoms with van der Waals surface area (Å²) in [5.41, 5.74) is 0.176. The van der Waals surface area contributed by atoms with E-state index in [1.165, 1.54) is 12.8 Å². The minimum Gasteiger partial charge on any atom is -0.354 e. The predicted octanol–water partition coefficient (Wildman–Crippen LogP) is 0.901. The smallest absolute Gasteiger partial charge is 0.233 e. The molecule has 2 N–H and O–H groups in total. The molecule has 0 spiro atoms. The first-order chi connectivity index (χ1) is 5.97. The van der Waals surface area contributed by atoms with Gasteiger partial charge >= 0.3 is 0 Å². The zero-order chi connectivity index (χ0) is 9.90. The van der Waals surface area contributed by atoms with Crippen LogP contribution in [0.3, 0.4) is 0 Å². The summed E-state index contributed by atoms with van der Waals surface area (Å²) in [7, 11) is 0. The number of rotatable bonds is 4. The third kappa shape index (κ3) is 5.64. The van der Waals surface area contributed by atoms with Gasteiger partial charge in [-0.1, -0.05) is 20.8 Å². The quantitative estimate of drug-likeness (QED) is 0.681. The lowest BCUT2D eigenvalue weighted by Crippen LogP contribution is -2.38. The second-order valence-electron chi connectivity index (χ2n) is 4.99. The second kappa shape index (κ2) is 4.09. The predicted molar refractivity (Wildman–Crippen MR) is 53.5 cm³/mol. The molecule has 0 aliphatic heterocycles. The highest BCUT2D eigenvalue weighted by atomic mass is 16.1. The van der Waals surface area contributed by atoms with Crippen molar-refractivity contribution in [3.05, 3.63) is 0 Å². The lowest BCUT2D eigenvalue weighted by Gasteiger charge is -2.18. The number of carbonyl (C=O) groups excluding carboxylic acids is 1. The fourth-order valence-corrected chi connectivity index (χ4v) is 0.951. The van der Waals surface area contributed by atoms with Crippen LogP contribution in [0.4, 0.5) is 0 Å². The van der Waals surface area contributed by atoms with Gasteiger partial charge in [0.15, 0.2) is 0 Å².